The van der Waals surface area contributed by atoms with Crippen molar-refractivity contribution in [2.24, 2.45) is 5.73 Å². The minimum Gasteiger partial charge on any atom is -0.336 e. The number of carbonyl (C=O) groups excluding carboxylic acids is 1. The summed E-state index contributed by atoms with van der Waals surface area (Å²) in [6.45, 7) is 4.54. The van der Waals surface area contributed by atoms with Crippen molar-refractivity contribution in [1.82, 2.24) is 5.32 Å². The van der Waals surface area contributed by atoms with E-state index < -0.39 is 0 Å². The molecule has 0 heterocycles. The van der Waals surface area contributed by atoms with Gasteiger partial charge in [-0.15, -0.1) is 0 Å². The third-order valence-electron chi connectivity index (χ3n) is 3.04. The van der Waals surface area contributed by atoms with E-state index in [4.69, 9.17) is 5.73 Å². The summed E-state index contributed by atoms with van der Waals surface area (Å²) >= 11 is 0. The van der Waals surface area contributed by atoms with Crippen molar-refractivity contribution >= 4 is 11.7 Å². The zero-order valence-electron chi connectivity index (χ0n) is 10.5. The van der Waals surface area contributed by atoms with Crippen LogP contribution in [-0.2, 0) is 0 Å². The van der Waals surface area contributed by atoms with Gasteiger partial charge >= 0.3 is 6.03 Å². The summed E-state index contributed by atoms with van der Waals surface area (Å²) in [4.78, 5) is 11.6. The van der Waals surface area contributed by atoms with Crippen LogP contribution in [0.5, 0.6) is 0 Å². The number of amides is 2. The molecule has 4 N–H and O–H groups in total. The molecule has 0 saturated carbocycles. The van der Waals surface area contributed by atoms with E-state index in [1.165, 1.54) is 0 Å². The number of hydrogen-bond donors (Lipinski definition) is 3. The molecule has 0 spiro atoms. The number of hydrogen-bond acceptors (Lipinski definition) is 2. The Kier molecular flexibility index (Phi) is 4.97. The molecule has 0 unspecified atom stereocenters. The van der Waals surface area contributed by atoms with Crippen LogP contribution in [0, 0.1) is 0 Å². The Bertz CT molecular complexity index is 347. The Morgan fingerprint density at radius 1 is 1.24 bits per heavy atom. The fraction of sp³-hybridized carbons (Fsp3) is 0.462. The van der Waals surface area contributed by atoms with E-state index in [0.717, 1.165) is 18.5 Å². The second kappa shape index (κ2) is 6.25. The molecular formula is C13H21N3O. The van der Waals surface area contributed by atoms with E-state index in [-0.39, 0.29) is 11.6 Å². The van der Waals surface area contributed by atoms with Gasteiger partial charge in [0.15, 0.2) is 0 Å². The lowest BCUT2D eigenvalue weighted by Crippen LogP contribution is -2.50. The lowest BCUT2D eigenvalue weighted by molar-refractivity contribution is 0.247. The first-order valence-electron chi connectivity index (χ1n) is 5.98. The van der Waals surface area contributed by atoms with E-state index in [2.05, 4.69) is 10.6 Å². The van der Waals surface area contributed by atoms with Crippen LogP contribution in [0.2, 0.25) is 0 Å². The van der Waals surface area contributed by atoms with E-state index in [1.54, 1.807) is 0 Å². The minimum atomic E-state index is -0.311. The Morgan fingerprint density at radius 3 is 2.35 bits per heavy atom. The maximum Gasteiger partial charge on any atom is 0.319 e. The summed E-state index contributed by atoms with van der Waals surface area (Å²) < 4.78 is 0. The molecule has 0 radical (unpaired) electrons. The van der Waals surface area contributed by atoms with Crippen molar-refractivity contribution < 1.29 is 4.79 Å². The number of nitrogens with two attached hydrogens (primary N) is 1. The van der Waals surface area contributed by atoms with Crippen LogP contribution in [-0.4, -0.2) is 18.1 Å². The predicted octanol–water partition coefficient (Wildman–Crippen LogP) is 2.33. The number of rotatable bonds is 5. The zero-order valence-corrected chi connectivity index (χ0v) is 10.5. The average Bonchev–Trinajstić information content (AvgIpc) is 2.37. The van der Waals surface area contributed by atoms with Gasteiger partial charge in [-0.2, -0.15) is 0 Å². The molecule has 0 atom stereocenters. The Balaban J connectivity index is 2.41. The molecule has 0 aromatic heterocycles. The van der Waals surface area contributed by atoms with E-state index in [0.29, 0.717) is 6.54 Å². The molecule has 0 bridgehead atoms. The molecule has 0 fully saturated rings. The molecule has 0 saturated heterocycles. The quantitative estimate of drug-likeness (QED) is 0.733. The normalized spacial score (nSPS) is 11.0. The Labute approximate surface area is 103 Å². The first-order chi connectivity index (χ1) is 8.09. The number of para-hydroxylation sites is 1. The second-order valence-corrected chi connectivity index (χ2v) is 4.24. The van der Waals surface area contributed by atoms with Crippen LogP contribution >= 0.6 is 0 Å². The summed E-state index contributed by atoms with van der Waals surface area (Å²) in [5.74, 6) is 0. The number of anilines is 1. The van der Waals surface area contributed by atoms with Crippen LogP contribution in [0.4, 0.5) is 10.5 Å². The highest BCUT2D eigenvalue weighted by Crippen LogP contribution is 2.09. The summed E-state index contributed by atoms with van der Waals surface area (Å²) in [7, 11) is 0. The van der Waals surface area contributed by atoms with Crippen molar-refractivity contribution in [3.8, 4) is 0 Å². The highest BCUT2D eigenvalue weighted by molar-refractivity contribution is 5.89. The Morgan fingerprint density at radius 2 is 1.82 bits per heavy atom. The molecule has 0 aliphatic carbocycles. The van der Waals surface area contributed by atoms with Gasteiger partial charge in [0, 0.05) is 17.8 Å². The summed E-state index contributed by atoms with van der Waals surface area (Å²) in [5, 5.41) is 5.56. The van der Waals surface area contributed by atoms with Crippen molar-refractivity contribution in [3.63, 3.8) is 0 Å². The second-order valence-electron chi connectivity index (χ2n) is 4.24. The highest BCUT2D eigenvalue weighted by atomic mass is 16.2. The van der Waals surface area contributed by atoms with Gasteiger partial charge in [0.2, 0.25) is 0 Å². The zero-order chi connectivity index (χ0) is 12.7. The summed E-state index contributed by atoms with van der Waals surface area (Å²) in [5.41, 5.74) is 6.56. The van der Waals surface area contributed by atoms with Crippen molar-refractivity contribution in [3.05, 3.63) is 30.3 Å². The van der Waals surface area contributed by atoms with Gasteiger partial charge in [-0.1, -0.05) is 32.0 Å². The van der Waals surface area contributed by atoms with Gasteiger partial charge in [0.25, 0.3) is 0 Å². The molecule has 0 aliphatic rings. The minimum absolute atomic E-state index is 0.215. The van der Waals surface area contributed by atoms with E-state index in [9.17, 15) is 4.79 Å². The van der Waals surface area contributed by atoms with Crippen molar-refractivity contribution in [2.45, 2.75) is 32.2 Å². The number of urea groups is 1. The molecule has 0 aliphatic heterocycles. The van der Waals surface area contributed by atoms with Crippen LogP contribution in [0.3, 0.4) is 0 Å². The fourth-order valence-electron chi connectivity index (χ4n) is 1.45. The highest BCUT2D eigenvalue weighted by Gasteiger charge is 2.20. The van der Waals surface area contributed by atoms with Gasteiger partial charge in [-0.05, 0) is 25.0 Å². The van der Waals surface area contributed by atoms with Gasteiger partial charge in [0.05, 0.1) is 0 Å². The molecule has 4 heteroatoms. The van der Waals surface area contributed by atoms with E-state index in [1.807, 2.05) is 44.2 Å². The van der Waals surface area contributed by atoms with Gasteiger partial charge in [0.1, 0.15) is 0 Å². The molecule has 4 nitrogen and oxygen atoms in total. The monoisotopic (exact) mass is 235 g/mol. The van der Waals surface area contributed by atoms with Crippen LogP contribution in [0.25, 0.3) is 0 Å². The topological polar surface area (TPSA) is 67.1 Å². The smallest absolute Gasteiger partial charge is 0.319 e. The third-order valence-corrected chi connectivity index (χ3v) is 3.04. The Hall–Kier alpha value is -1.55. The predicted molar refractivity (Wildman–Crippen MR) is 71.0 cm³/mol. The number of nitrogens with one attached hydrogen (secondary N) is 2. The van der Waals surface area contributed by atoms with Gasteiger partial charge < -0.3 is 16.4 Å². The van der Waals surface area contributed by atoms with Gasteiger partial charge in [-0.3, -0.25) is 0 Å². The molecule has 1 aromatic carbocycles. The first-order valence-corrected chi connectivity index (χ1v) is 5.98. The first kappa shape index (κ1) is 13.5. The molecule has 1 aromatic rings. The van der Waals surface area contributed by atoms with Crippen molar-refractivity contribution in [1.29, 1.82) is 0 Å². The lowest BCUT2D eigenvalue weighted by Gasteiger charge is -2.26. The van der Waals surface area contributed by atoms with Gasteiger partial charge in [-0.25, -0.2) is 4.79 Å². The molecular weight excluding hydrogens is 214 g/mol. The molecule has 94 valence electrons. The van der Waals surface area contributed by atoms with Crippen molar-refractivity contribution in [2.75, 3.05) is 11.9 Å². The van der Waals surface area contributed by atoms with Crippen LogP contribution in [0.15, 0.2) is 30.3 Å². The number of carbonyl (C=O) groups is 1. The average molecular weight is 235 g/mol. The summed E-state index contributed by atoms with van der Waals surface area (Å²) in [6, 6.07) is 9.13. The lowest BCUT2D eigenvalue weighted by atomic mass is 9.94. The third kappa shape index (κ3) is 4.44. The fourth-order valence-corrected chi connectivity index (χ4v) is 1.45. The maximum atomic E-state index is 11.6. The maximum absolute atomic E-state index is 11.6. The van der Waals surface area contributed by atoms with Crippen LogP contribution < -0.4 is 16.4 Å². The van der Waals surface area contributed by atoms with Crippen LogP contribution in [0.1, 0.15) is 26.7 Å². The molecule has 17 heavy (non-hydrogen) atoms. The number of benzene rings is 1. The van der Waals surface area contributed by atoms with E-state index >= 15 is 0 Å². The molecule has 1 rings (SSSR count). The largest absolute Gasteiger partial charge is 0.336 e. The molecule has 2 amide bonds. The SMILES string of the molecule is CCC(N)(CC)CNC(=O)Nc1ccccc1. The standard InChI is InChI=1S/C13H21N3O/c1-3-13(14,4-2)10-15-12(17)16-11-8-6-5-7-9-11/h5-9H,3-4,10,14H2,1-2H3,(H2,15,16,17). The summed E-state index contributed by atoms with van der Waals surface area (Å²) in [6.07, 6.45) is 1.68.